The summed E-state index contributed by atoms with van der Waals surface area (Å²) in [6.07, 6.45) is 6.13. The van der Waals surface area contributed by atoms with Crippen molar-refractivity contribution in [2.45, 2.75) is 63.7 Å². The zero-order chi connectivity index (χ0) is 18.5. The molecule has 3 saturated carbocycles. The van der Waals surface area contributed by atoms with E-state index in [1.54, 1.807) is 4.90 Å². The summed E-state index contributed by atoms with van der Waals surface area (Å²) in [5, 5.41) is 6.03. The maximum atomic E-state index is 12.7. The van der Waals surface area contributed by atoms with Gasteiger partial charge in [-0.05, 0) is 61.1 Å². The van der Waals surface area contributed by atoms with E-state index in [1.807, 2.05) is 12.1 Å². The second-order valence-corrected chi connectivity index (χ2v) is 8.64. The summed E-state index contributed by atoms with van der Waals surface area (Å²) in [4.78, 5) is 37.8. The number of fused-ring (bicyclic) bond motifs is 3. The van der Waals surface area contributed by atoms with Gasteiger partial charge in [-0.1, -0.05) is 12.1 Å². The first-order chi connectivity index (χ1) is 13.1. The quantitative estimate of drug-likeness (QED) is 0.795. The Balaban J connectivity index is 1.25. The Bertz CT molecular complexity index is 805. The molecule has 1 aromatic rings. The first-order valence-electron chi connectivity index (χ1n) is 10.1. The van der Waals surface area contributed by atoms with Gasteiger partial charge in [0.25, 0.3) is 5.91 Å². The number of piperidine rings is 1. The van der Waals surface area contributed by atoms with E-state index < -0.39 is 6.04 Å². The lowest BCUT2D eigenvalue weighted by Gasteiger charge is -2.45. The zero-order valence-corrected chi connectivity index (χ0v) is 15.4. The number of benzene rings is 1. The molecule has 1 saturated heterocycles. The van der Waals surface area contributed by atoms with Crippen LogP contribution in [0.15, 0.2) is 18.2 Å². The maximum Gasteiger partial charge on any atom is 0.255 e. The molecule has 0 spiro atoms. The summed E-state index contributed by atoms with van der Waals surface area (Å²) in [5.74, 6) is 1.15. The fourth-order valence-electron chi connectivity index (χ4n) is 5.33. The molecule has 2 aliphatic heterocycles. The molecule has 3 amide bonds. The number of carbonyl (C=O) groups excluding carboxylic acids is 3. The van der Waals surface area contributed by atoms with Crippen LogP contribution in [0.4, 0.5) is 0 Å². The fourth-order valence-corrected chi connectivity index (χ4v) is 5.33. The third kappa shape index (κ3) is 3.06. The normalized spacial score (nSPS) is 32.1. The predicted molar refractivity (Wildman–Crippen MR) is 98.6 cm³/mol. The van der Waals surface area contributed by atoms with Crippen LogP contribution in [-0.4, -0.2) is 34.7 Å². The van der Waals surface area contributed by atoms with Crippen LogP contribution in [0.25, 0.3) is 0 Å². The second-order valence-electron chi connectivity index (χ2n) is 8.64. The van der Waals surface area contributed by atoms with Crippen LogP contribution in [0.3, 0.4) is 0 Å². The Kier molecular flexibility index (Phi) is 4.04. The molecule has 2 heterocycles. The highest BCUT2D eigenvalue weighted by Gasteiger charge is 2.39. The van der Waals surface area contributed by atoms with Crippen molar-refractivity contribution >= 4 is 17.7 Å². The van der Waals surface area contributed by atoms with Crippen LogP contribution in [0.1, 0.15) is 60.0 Å². The highest BCUT2D eigenvalue weighted by atomic mass is 16.2. The molecular formula is C21H25N3O3. The van der Waals surface area contributed by atoms with Gasteiger partial charge in [0.15, 0.2) is 0 Å². The Morgan fingerprint density at radius 1 is 1.07 bits per heavy atom. The first-order valence-corrected chi connectivity index (χ1v) is 10.1. The van der Waals surface area contributed by atoms with Crippen molar-refractivity contribution in [1.29, 1.82) is 0 Å². The molecular weight excluding hydrogens is 342 g/mol. The Hall–Kier alpha value is -2.21. The summed E-state index contributed by atoms with van der Waals surface area (Å²) < 4.78 is 0. The summed E-state index contributed by atoms with van der Waals surface area (Å²) in [7, 11) is 0. The van der Waals surface area contributed by atoms with Crippen molar-refractivity contribution in [3.63, 3.8) is 0 Å². The fraction of sp³-hybridized carbons (Fsp3) is 0.571. The number of hydrogen-bond donors (Lipinski definition) is 2. The molecule has 1 atom stereocenters. The van der Waals surface area contributed by atoms with Crippen LogP contribution in [0.2, 0.25) is 0 Å². The lowest BCUT2D eigenvalue weighted by atomic mass is 9.63. The predicted octanol–water partition coefficient (Wildman–Crippen LogP) is 1.73. The van der Waals surface area contributed by atoms with Crippen molar-refractivity contribution < 1.29 is 14.4 Å². The minimum Gasteiger partial charge on any atom is -0.322 e. The van der Waals surface area contributed by atoms with Gasteiger partial charge in [-0.25, -0.2) is 0 Å². The van der Waals surface area contributed by atoms with E-state index in [4.69, 9.17) is 0 Å². The van der Waals surface area contributed by atoms with Crippen LogP contribution in [0.5, 0.6) is 0 Å². The van der Waals surface area contributed by atoms with Gasteiger partial charge in [0.2, 0.25) is 11.8 Å². The average molecular weight is 367 g/mol. The zero-order valence-electron chi connectivity index (χ0n) is 15.4. The largest absolute Gasteiger partial charge is 0.322 e. The molecule has 6 nitrogen and oxygen atoms in total. The molecule has 2 N–H and O–H groups in total. The number of imide groups is 1. The number of hydrogen-bond acceptors (Lipinski definition) is 4. The summed E-state index contributed by atoms with van der Waals surface area (Å²) >= 11 is 0. The van der Waals surface area contributed by atoms with Crippen LogP contribution in [-0.2, 0) is 22.7 Å². The molecule has 6 rings (SSSR count). The highest BCUT2D eigenvalue weighted by molar-refractivity contribution is 6.05. The molecule has 27 heavy (non-hydrogen) atoms. The minimum absolute atomic E-state index is 0.105. The second kappa shape index (κ2) is 6.44. The van der Waals surface area contributed by atoms with E-state index in [0.29, 0.717) is 24.6 Å². The summed E-state index contributed by atoms with van der Waals surface area (Å²) in [6, 6.07) is 6.08. The lowest BCUT2D eigenvalue weighted by Crippen LogP contribution is -2.52. The topological polar surface area (TPSA) is 78.5 Å². The molecule has 142 valence electrons. The summed E-state index contributed by atoms with van der Waals surface area (Å²) in [5.41, 5.74) is 2.85. The molecule has 5 aliphatic rings. The van der Waals surface area contributed by atoms with E-state index >= 15 is 0 Å². The molecule has 2 bridgehead atoms. The monoisotopic (exact) mass is 367 g/mol. The average Bonchev–Trinajstić information content (AvgIpc) is 2.96. The highest BCUT2D eigenvalue weighted by Crippen LogP contribution is 2.45. The molecule has 1 unspecified atom stereocenters. The van der Waals surface area contributed by atoms with Crippen molar-refractivity contribution in [2.24, 2.45) is 11.8 Å². The molecule has 1 aromatic carbocycles. The van der Waals surface area contributed by atoms with Gasteiger partial charge in [0.1, 0.15) is 6.04 Å². The van der Waals surface area contributed by atoms with Gasteiger partial charge in [-0.15, -0.1) is 0 Å². The number of nitrogens with zero attached hydrogens (tertiary/aromatic N) is 1. The van der Waals surface area contributed by atoms with E-state index in [2.05, 4.69) is 16.7 Å². The number of nitrogens with one attached hydrogen (secondary N) is 2. The first kappa shape index (κ1) is 16.9. The minimum atomic E-state index is -0.543. The van der Waals surface area contributed by atoms with Gasteiger partial charge in [0.05, 0.1) is 0 Å². The molecule has 4 fully saturated rings. The third-order valence-electron chi connectivity index (χ3n) is 6.75. The Morgan fingerprint density at radius 2 is 1.85 bits per heavy atom. The molecule has 0 radical (unpaired) electrons. The third-order valence-corrected chi connectivity index (χ3v) is 6.75. The molecule has 3 aliphatic carbocycles. The Labute approximate surface area is 158 Å². The van der Waals surface area contributed by atoms with E-state index in [0.717, 1.165) is 23.9 Å². The SMILES string of the molecule is O=C1CCC(N2Cc3cc(CNC4CC5CC(C5)C4)ccc3C2=O)C(=O)N1. The van der Waals surface area contributed by atoms with E-state index in [9.17, 15) is 14.4 Å². The van der Waals surface area contributed by atoms with Crippen molar-refractivity contribution in [1.82, 2.24) is 15.5 Å². The Morgan fingerprint density at radius 3 is 2.59 bits per heavy atom. The van der Waals surface area contributed by atoms with Crippen molar-refractivity contribution in [2.75, 3.05) is 0 Å². The number of amides is 3. The van der Waals surface area contributed by atoms with Gasteiger partial charge < -0.3 is 10.2 Å². The smallest absolute Gasteiger partial charge is 0.255 e. The molecule has 6 heteroatoms. The van der Waals surface area contributed by atoms with Crippen LogP contribution < -0.4 is 10.6 Å². The lowest BCUT2D eigenvalue weighted by molar-refractivity contribution is -0.136. The van der Waals surface area contributed by atoms with Crippen LogP contribution in [0, 0.1) is 11.8 Å². The van der Waals surface area contributed by atoms with Gasteiger partial charge in [0, 0.05) is 31.1 Å². The maximum absolute atomic E-state index is 12.7. The van der Waals surface area contributed by atoms with Gasteiger partial charge in [-0.2, -0.15) is 0 Å². The number of rotatable bonds is 4. The van der Waals surface area contributed by atoms with Crippen molar-refractivity contribution in [3.05, 3.63) is 34.9 Å². The standard InChI is InChI=1S/C21H25N3O3/c25-19-4-3-18(20(26)23-19)24-11-15-7-12(1-2-17(15)21(24)27)10-22-16-8-13-5-14(6-13)9-16/h1-2,7,13-14,16,18,22H,3-6,8-11H2,(H,23,25,26). The molecule has 0 aromatic heterocycles. The van der Waals surface area contributed by atoms with Gasteiger partial charge in [-0.3, -0.25) is 19.7 Å². The van der Waals surface area contributed by atoms with Gasteiger partial charge >= 0.3 is 0 Å². The summed E-state index contributed by atoms with van der Waals surface area (Å²) in [6.45, 7) is 1.27. The van der Waals surface area contributed by atoms with Crippen LogP contribution >= 0.6 is 0 Å². The van der Waals surface area contributed by atoms with E-state index in [-0.39, 0.29) is 24.1 Å². The van der Waals surface area contributed by atoms with E-state index in [1.165, 1.54) is 31.2 Å². The van der Waals surface area contributed by atoms with Crippen molar-refractivity contribution in [3.8, 4) is 0 Å². The number of carbonyl (C=O) groups is 3.